The highest BCUT2D eigenvalue weighted by Crippen LogP contribution is 2.24. The van der Waals surface area contributed by atoms with Crippen LogP contribution in [0.2, 0.25) is 0 Å². The average molecular weight is 288 g/mol. The van der Waals surface area contributed by atoms with E-state index in [2.05, 4.69) is 32.3 Å². The minimum Gasteiger partial charge on any atom is -0.354 e. The van der Waals surface area contributed by atoms with Crippen molar-refractivity contribution in [1.29, 1.82) is 5.26 Å². The number of pyridine rings is 1. The molecular formula is C13H10BrN3. The van der Waals surface area contributed by atoms with Gasteiger partial charge in [0.25, 0.3) is 0 Å². The van der Waals surface area contributed by atoms with Crippen LogP contribution in [0.3, 0.4) is 0 Å². The van der Waals surface area contributed by atoms with Gasteiger partial charge in [0.05, 0.1) is 16.9 Å². The summed E-state index contributed by atoms with van der Waals surface area (Å²) < 4.78 is 0.784. The zero-order valence-corrected chi connectivity index (χ0v) is 10.8. The highest BCUT2D eigenvalue weighted by atomic mass is 79.9. The lowest BCUT2D eigenvalue weighted by Gasteiger charge is -2.09. The second-order valence-electron chi connectivity index (χ2n) is 3.57. The maximum absolute atomic E-state index is 8.83. The number of nitrogens with zero attached hydrogens (tertiary/aromatic N) is 2. The molecule has 2 rings (SSSR count). The van der Waals surface area contributed by atoms with E-state index in [9.17, 15) is 0 Å². The fourth-order valence-corrected chi connectivity index (χ4v) is 1.92. The molecule has 1 aromatic carbocycles. The van der Waals surface area contributed by atoms with Crippen molar-refractivity contribution in [2.75, 3.05) is 5.32 Å². The van der Waals surface area contributed by atoms with E-state index in [0.29, 0.717) is 5.56 Å². The molecule has 0 saturated heterocycles. The Morgan fingerprint density at radius 2 is 2.18 bits per heavy atom. The zero-order chi connectivity index (χ0) is 12.3. The Morgan fingerprint density at radius 1 is 1.35 bits per heavy atom. The number of rotatable bonds is 2. The van der Waals surface area contributed by atoms with Gasteiger partial charge in [0.2, 0.25) is 0 Å². The van der Waals surface area contributed by atoms with Gasteiger partial charge >= 0.3 is 0 Å². The van der Waals surface area contributed by atoms with Gasteiger partial charge < -0.3 is 5.32 Å². The first-order valence-corrected chi connectivity index (χ1v) is 5.88. The van der Waals surface area contributed by atoms with Gasteiger partial charge in [-0.05, 0) is 53.2 Å². The Kier molecular flexibility index (Phi) is 3.40. The summed E-state index contributed by atoms with van der Waals surface area (Å²) in [5.74, 6) is 0. The molecule has 0 bridgehead atoms. The number of hydrogen-bond acceptors (Lipinski definition) is 3. The van der Waals surface area contributed by atoms with E-state index in [1.165, 1.54) is 0 Å². The highest BCUT2D eigenvalue weighted by Gasteiger charge is 2.02. The van der Waals surface area contributed by atoms with Crippen LogP contribution in [0.5, 0.6) is 0 Å². The lowest BCUT2D eigenvalue weighted by atomic mass is 10.2. The minimum absolute atomic E-state index is 0.624. The molecule has 0 saturated carbocycles. The van der Waals surface area contributed by atoms with Crippen LogP contribution in [0.25, 0.3) is 0 Å². The predicted molar refractivity (Wildman–Crippen MR) is 71.1 cm³/mol. The van der Waals surface area contributed by atoms with E-state index < -0.39 is 0 Å². The summed E-state index contributed by atoms with van der Waals surface area (Å²) in [4.78, 5) is 4.20. The Balaban J connectivity index is 2.29. The molecule has 4 heteroatoms. The molecule has 0 unspecified atom stereocenters. The van der Waals surface area contributed by atoms with Crippen molar-refractivity contribution in [2.24, 2.45) is 0 Å². The molecule has 1 heterocycles. The molecular weight excluding hydrogens is 278 g/mol. The maximum atomic E-state index is 8.83. The lowest BCUT2D eigenvalue weighted by Crippen LogP contribution is -1.95. The van der Waals surface area contributed by atoms with Gasteiger partial charge in [0, 0.05) is 16.4 Å². The Labute approximate surface area is 108 Å². The lowest BCUT2D eigenvalue weighted by molar-refractivity contribution is 1.20. The van der Waals surface area contributed by atoms with Crippen LogP contribution in [-0.2, 0) is 0 Å². The van der Waals surface area contributed by atoms with Crippen molar-refractivity contribution in [1.82, 2.24) is 4.98 Å². The largest absolute Gasteiger partial charge is 0.354 e. The molecule has 1 aromatic heterocycles. The first-order valence-electron chi connectivity index (χ1n) is 5.09. The summed E-state index contributed by atoms with van der Waals surface area (Å²) in [6.07, 6.45) is 1.76. The molecule has 0 fully saturated rings. The molecule has 2 aromatic rings. The molecule has 0 radical (unpaired) electrons. The molecule has 0 atom stereocenters. The fourth-order valence-electron chi connectivity index (χ4n) is 1.46. The van der Waals surface area contributed by atoms with Crippen molar-refractivity contribution in [2.45, 2.75) is 6.92 Å². The van der Waals surface area contributed by atoms with Crippen LogP contribution >= 0.6 is 15.9 Å². The first kappa shape index (κ1) is 11.6. The standard InChI is InChI=1S/C13H10BrN3/c1-9-13(3-2-6-16-9)17-11-5-4-10(8-15)12(14)7-11/h2-7,17H,1H3. The smallest absolute Gasteiger partial charge is 0.100 e. The number of aromatic nitrogens is 1. The first-order chi connectivity index (χ1) is 8.20. The summed E-state index contributed by atoms with van der Waals surface area (Å²) in [5, 5.41) is 12.1. The third kappa shape index (κ3) is 2.63. The summed E-state index contributed by atoms with van der Waals surface area (Å²) in [6.45, 7) is 1.95. The third-order valence-corrected chi connectivity index (χ3v) is 3.03. The summed E-state index contributed by atoms with van der Waals surface area (Å²) in [5.41, 5.74) is 3.45. The minimum atomic E-state index is 0.624. The summed E-state index contributed by atoms with van der Waals surface area (Å²) in [6, 6.07) is 11.5. The average Bonchev–Trinajstić information content (AvgIpc) is 2.32. The van der Waals surface area contributed by atoms with Crippen molar-refractivity contribution >= 4 is 27.3 Å². The summed E-state index contributed by atoms with van der Waals surface area (Å²) >= 11 is 3.36. The molecule has 0 aliphatic rings. The molecule has 3 nitrogen and oxygen atoms in total. The monoisotopic (exact) mass is 287 g/mol. The third-order valence-electron chi connectivity index (χ3n) is 2.38. The Morgan fingerprint density at radius 3 is 2.82 bits per heavy atom. The normalized spacial score (nSPS) is 9.71. The van der Waals surface area contributed by atoms with Crippen LogP contribution in [0.4, 0.5) is 11.4 Å². The number of benzene rings is 1. The highest BCUT2D eigenvalue weighted by molar-refractivity contribution is 9.10. The second-order valence-corrected chi connectivity index (χ2v) is 4.42. The Bertz CT molecular complexity index is 587. The number of halogens is 1. The quantitative estimate of drug-likeness (QED) is 0.915. The van der Waals surface area contributed by atoms with Gasteiger partial charge in [-0.2, -0.15) is 5.26 Å². The van der Waals surface area contributed by atoms with E-state index in [1.54, 1.807) is 12.3 Å². The molecule has 1 N–H and O–H groups in total. The van der Waals surface area contributed by atoms with Gasteiger partial charge in [-0.25, -0.2) is 0 Å². The molecule has 17 heavy (non-hydrogen) atoms. The predicted octanol–water partition coefficient (Wildman–Crippen LogP) is 3.77. The van der Waals surface area contributed by atoms with E-state index in [4.69, 9.17) is 5.26 Å². The number of nitriles is 1. The van der Waals surface area contributed by atoms with Crippen LogP contribution < -0.4 is 5.32 Å². The summed E-state index contributed by atoms with van der Waals surface area (Å²) in [7, 11) is 0. The van der Waals surface area contributed by atoms with E-state index >= 15 is 0 Å². The topological polar surface area (TPSA) is 48.7 Å². The van der Waals surface area contributed by atoms with Gasteiger partial charge in [-0.3, -0.25) is 4.98 Å². The number of nitrogens with one attached hydrogen (secondary N) is 1. The van der Waals surface area contributed by atoms with Gasteiger partial charge in [0.1, 0.15) is 6.07 Å². The van der Waals surface area contributed by atoms with E-state index in [-0.39, 0.29) is 0 Å². The molecule has 0 spiro atoms. The van der Waals surface area contributed by atoms with Crippen LogP contribution in [0.1, 0.15) is 11.3 Å². The number of hydrogen-bond donors (Lipinski definition) is 1. The molecule has 0 amide bonds. The second kappa shape index (κ2) is 4.98. The van der Waals surface area contributed by atoms with Gasteiger partial charge in [-0.1, -0.05) is 0 Å². The zero-order valence-electron chi connectivity index (χ0n) is 9.24. The van der Waals surface area contributed by atoms with Crippen molar-refractivity contribution < 1.29 is 0 Å². The number of anilines is 2. The number of aryl methyl sites for hydroxylation is 1. The Hall–Kier alpha value is -1.86. The van der Waals surface area contributed by atoms with E-state index in [1.807, 2.05) is 31.2 Å². The van der Waals surface area contributed by atoms with Crippen LogP contribution in [-0.4, -0.2) is 4.98 Å². The SMILES string of the molecule is Cc1ncccc1Nc1ccc(C#N)c(Br)c1. The molecule has 0 aliphatic carbocycles. The van der Waals surface area contributed by atoms with E-state index in [0.717, 1.165) is 21.5 Å². The fraction of sp³-hybridized carbons (Fsp3) is 0.0769. The molecule has 0 aliphatic heterocycles. The van der Waals surface area contributed by atoms with Crippen LogP contribution in [0.15, 0.2) is 41.0 Å². The van der Waals surface area contributed by atoms with Crippen molar-refractivity contribution in [3.8, 4) is 6.07 Å². The van der Waals surface area contributed by atoms with Crippen molar-refractivity contribution in [3.63, 3.8) is 0 Å². The van der Waals surface area contributed by atoms with Gasteiger partial charge in [0.15, 0.2) is 0 Å². The maximum Gasteiger partial charge on any atom is 0.100 e. The molecule has 84 valence electrons. The van der Waals surface area contributed by atoms with Gasteiger partial charge in [-0.15, -0.1) is 0 Å². The van der Waals surface area contributed by atoms with Crippen LogP contribution in [0, 0.1) is 18.3 Å². The van der Waals surface area contributed by atoms with Crippen molar-refractivity contribution in [3.05, 3.63) is 52.3 Å².